The minimum absolute atomic E-state index is 0.121. The van der Waals surface area contributed by atoms with Crippen molar-refractivity contribution in [2.75, 3.05) is 13.6 Å². The molecule has 10 nitrogen and oxygen atoms in total. The van der Waals surface area contributed by atoms with Crippen LogP contribution in [-0.2, 0) is 27.2 Å². The molecule has 1 aromatic heterocycles. The Kier molecular flexibility index (Phi) is 9.63. The fourth-order valence-corrected chi connectivity index (χ4v) is 4.88. The Labute approximate surface area is 235 Å². The molecule has 2 aliphatic rings. The smallest absolute Gasteiger partial charge is 0.243 e. The molecule has 1 saturated carbocycles. The summed E-state index contributed by atoms with van der Waals surface area (Å²) in [6, 6.07) is 8.00. The zero-order valence-electron chi connectivity index (χ0n) is 23.7. The summed E-state index contributed by atoms with van der Waals surface area (Å²) in [5.74, 6) is 0.136. The number of nitrogens with zero attached hydrogens (tertiary/aromatic N) is 2. The number of pyridine rings is 1. The highest BCUT2D eigenvalue weighted by Crippen LogP contribution is 2.33. The van der Waals surface area contributed by atoms with E-state index in [4.69, 9.17) is 4.74 Å². The van der Waals surface area contributed by atoms with Crippen LogP contribution in [0.4, 0.5) is 0 Å². The van der Waals surface area contributed by atoms with E-state index in [1.807, 2.05) is 26.0 Å². The summed E-state index contributed by atoms with van der Waals surface area (Å²) in [6.45, 7) is 6.01. The van der Waals surface area contributed by atoms with Crippen LogP contribution in [0, 0.1) is 5.92 Å². The Hall–Kier alpha value is -3.66. The highest BCUT2D eigenvalue weighted by molar-refractivity contribution is 5.93. The first kappa shape index (κ1) is 29.3. The first-order valence-corrected chi connectivity index (χ1v) is 14.1. The van der Waals surface area contributed by atoms with Crippen LogP contribution in [-0.4, -0.2) is 76.6 Å². The average Bonchev–Trinajstić information content (AvgIpc) is 3.77. The molecule has 3 amide bonds. The Morgan fingerprint density at radius 1 is 1.00 bits per heavy atom. The summed E-state index contributed by atoms with van der Waals surface area (Å²) >= 11 is 0. The normalized spacial score (nSPS) is 27.4. The molecular weight excluding hydrogens is 510 g/mol. The molecule has 216 valence electrons. The van der Waals surface area contributed by atoms with Gasteiger partial charge in [0.1, 0.15) is 29.7 Å². The number of phenols is 1. The molecule has 4 rings (SSSR count). The van der Waals surface area contributed by atoms with E-state index in [1.165, 1.54) is 4.90 Å². The van der Waals surface area contributed by atoms with Gasteiger partial charge in [0.2, 0.25) is 17.7 Å². The number of fused-ring (bicyclic) bond motifs is 1. The molecule has 0 saturated heterocycles. The fourth-order valence-electron chi connectivity index (χ4n) is 4.88. The number of benzene rings is 1. The van der Waals surface area contributed by atoms with Crippen LogP contribution < -0.4 is 20.7 Å². The lowest BCUT2D eigenvalue weighted by atomic mass is 10.0. The molecule has 0 unspecified atom stereocenters. The topological polar surface area (TPSA) is 133 Å². The maximum atomic E-state index is 13.5. The van der Waals surface area contributed by atoms with Crippen molar-refractivity contribution in [2.24, 2.45) is 5.92 Å². The number of rotatable bonds is 3. The summed E-state index contributed by atoms with van der Waals surface area (Å²) < 4.78 is 6.22. The van der Waals surface area contributed by atoms with Crippen molar-refractivity contribution < 1.29 is 24.2 Å². The van der Waals surface area contributed by atoms with Gasteiger partial charge >= 0.3 is 0 Å². The van der Waals surface area contributed by atoms with Crippen LogP contribution >= 0.6 is 0 Å². The van der Waals surface area contributed by atoms with E-state index in [2.05, 4.69) is 20.9 Å². The van der Waals surface area contributed by atoms with E-state index in [1.54, 1.807) is 44.4 Å². The van der Waals surface area contributed by atoms with Gasteiger partial charge < -0.3 is 30.7 Å². The number of aromatic nitrogens is 1. The molecule has 1 fully saturated rings. The Morgan fingerprint density at radius 3 is 2.42 bits per heavy atom. The molecule has 4 N–H and O–H groups in total. The number of carbonyl (C=O) groups excluding carboxylic acids is 3. The van der Waals surface area contributed by atoms with Gasteiger partial charge in [-0.1, -0.05) is 12.1 Å². The SMILES string of the molecule is C[C@@H]1CN[C@@H](C2CC2)C(=O)N(C)[C@H](C)C(=O)N[C@H](Cc2ccc(O)cc2)C(=O)N[C@@H](C)CCc2ncccc2O1. The number of nitrogens with one attached hydrogen (secondary N) is 3. The first-order valence-electron chi connectivity index (χ1n) is 14.1. The summed E-state index contributed by atoms with van der Waals surface area (Å²) in [7, 11) is 1.63. The lowest BCUT2D eigenvalue weighted by Gasteiger charge is -2.31. The van der Waals surface area contributed by atoms with Crippen LogP contribution in [0.25, 0.3) is 0 Å². The maximum absolute atomic E-state index is 13.5. The number of aromatic hydroxyl groups is 1. The highest BCUT2D eigenvalue weighted by Gasteiger charge is 2.39. The van der Waals surface area contributed by atoms with Crippen molar-refractivity contribution in [3.05, 3.63) is 53.9 Å². The van der Waals surface area contributed by atoms with Gasteiger partial charge in [-0.15, -0.1) is 0 Å². The number of carbonyl (C=O) groups is 3. The van der Waals surface area contributed by atoms with Gasteiger partial charge in [-0.25, -0.2) is 0 Å². The molecule has 1 aliphatic heterocycles. The van der Waals surface area contributed by atoms with E-state index < -0.39 is 24.0 Å². The largest absolute Gasteiger partial charge is 0.508 e. The number of ether oxygens (including phenoxy) is 1. The third-order valence-electron chi connectivity index (χ3n) is 7.68. The van der Waals surface area contributed by atoms with Crippen molar-refractivity contribution in [2.45, 2.75) is 83.1 Å². The van der Waals surface area contributed by atoms with Crippen molar-refractivity contribution in [1.82, 2.24) is 25.8 Å². The van der Waals surface area contributed by atoms with Gasteiger partial charge in [0.05, 0.1) is 11.7 Å². The third kappa shape index (κ3) is 7.71. The zero-order valence-corrected chi connectivity index (χ0v) is 23.7. The Balaban J connectivity index is 1.59. The summed E-state index contributed by atoms with van der Waals surface area (Å²) in [5.41, 5.74) is 1.58. The number of phenolic OH excluding ortho intramolecular Hbond substituents is 1. The summed E-state index contributed by atoms with van der Waals surface area (Å²) in [5, 5.41) is 19.0. The Bertz CT molecular complexity index is 1190. The minimum Gasteiger partial charge on any atom is -0.508 e. The predicted octanol–water partition coefficient (Wildman–Crippen LogP) is 1.95. The standard InChI is InChI=1S/C30H41N5O5/c1-18-7-14-24-26(6-5-15-31-24)40-19(2)17-32-27(22-10-11-22)30(39)35(4)20(3)28(37)34-25(29(38)33-18)16-21-8-12-23(36)13-9-21/h5-6,8-9,12-13,15,18-20,22,25,27,32,36H,7,10-11,14,16-17H2,1-4H3,(H,33,38)(H,34,37)/t18-,19+,20+,25+,27-/m0/s1. The number of aryl methyl sites for hydroxylation is 1. The molecule has 2 heterocycles. The molecule has 1 aromatic carbocycles. The van der Waals surface area contributed by atoms with E-state index in [9.17, 15) is 19.5 Å². The second kappa shape index (κ2) is 13.1. The van der Waals surface area contributed by atoms with Gasteiger partial charge in [-0.3, -0.25) is 19.4 Å². The van der Waals surface area contributed by atoms with Crippen molar-refractivity contribution in [3.63, 3.8) is 0 Å². The first-order chi connectivity index (χ1) is 19.1. The molecule has 0 radical (unpaired) electrons. The van der Waals surface area contributed by atoms with Crippen molar-refractivity contribution in [3.8, 4) is 11.5 Å². The van der Waals surface area contributed by atoms with Gasteiger partial charge in [-0.05, 0) is 82.2 Å². The van der Waals surface area contributed by atoms with Crippen molar-refractivity contribution >= 4 is 17.7 Å². The maximum Gasteiger partial charge on any atom is 0.243 e. The molecular formula is C30H41N5O5. The minimum atomic E-state index is -0.865. The highest BCUT2D eigenvalue weighted by atomic mass is 16.5. The molecule has 0 bridgehead atoms. The second-order valence-electron chi connectivity index (χ2n) is 11.1. The molecule has 10 heteroatoms. The van der Waals surface area contributed by atoms with Crippen LogP contribution in [0.1, 0.15) is 51.3 Å². The van der Waals surface area contributed by atoms with E-state index in [0.717, 1.165) is 24.1 Å². The number of amides is 3. The molecule has 1 aliphatic carbocycles. The predicted molar refractivity (Wildman–Crippen MR) is 151 cm³/mol. The zero-order chi connectivity index (χ0) is 28.8. The van der Waals surface area contributed by atoms with E-state index >= 15 is 0 Å². The average molecular weight is 552 g/mol. The fraction of sp³-hybridized carbons (Fsp3) is 0.533. The van der Waals surface area contributed by atoms with Crippen LogP contribution in [0.3, 0.4) is 0 Å². The molecule has 40 heavy (non-hydrogen) atoms. The van der Waals surface area contributed by atoms with Gasteiger partial charge in [0.25, 0.3) is 0 Å². The van der Waals surface area contributed by atoms with Gasteiger partial charge in [0, 0.05) is 32.3 Å². The quantitative estimate of drug-likeness (QED) is 0.458. The molecule has 2 aromatic rings. The molecule has 5 atom stereocenters. The Morgan fingerprint density at radius 2 is 1.73 bits per heavy atom. The lowest BCUT2D eigenvalue weighted by molar-refractivity contribution is -0.141. The number of hydrogen-bond donors (Lipinski definition) is 4. The van der Waals surface area contributed by atoms with Crippen LogP contribution in [0.2, 0.25) is 0 Å². The van der Waals surface area contributed by atoms with E-state index in [-0.39, 0.29) is 42.0 Å². The van der Waals surface area contributed by atoms with Crippen LogP contribution in [0.15, 0.2) is 42.6 Å². The van der Waals surface area contributed by atoms with Crippen molar-refractivity contribution in [1.29, 1.82) is 0 Å². The summed E-state index contributed by atoms with van der Waals surface area (Å²) in [6.07, 6.45) is 4.87. The lowest BCUT2D eigenvalue weighted by Crippen LogP contribution is -2.57. The summed E-state index contributed by atoms with van der Waals surface area (Å²) in [4.78, 5) is 46.3. The number of hydrogen-bond acceptors (Lipinski definition) is 7. The van der Waals surface area contributed by atoms with Gasteiger partial charge in [0.15, 0.2) is 0 Å². The number of likely N-dealkylation sites (N-methyl/N-ethyl adjacent to an activating group) is 1. The van der Waals surface area contributed by atoms with Gasteiger partial charge in [-0.2, -0.15) is 0 Å². The molecule has 0 spiro atoms. The third-order valence-corrected chi connectivity index (χ3v) is 7.68. The van der Waals surface area contributed by atoms with Crippen LogP contribution in [0.5, 0.6) is 11.5 Å². The van der Waals surface area contributed by atoms with E-state index in [0.29, 0.717) is 25.1 Å². The monoisotopic (exact) mass is 551 g/mol. The second-order valence-corrected chi connectivity index (χ2v) is 11.1.